The molecule has 34 heavy (non-hydrogen) atoms. The van der Waals surface area contributed by atoms with E-state index in [1.54, 1.807) is 29.0 Å². The number of hydrogen-bond acceptors (Lipinski definition) is 5. The zero-order valence-electron chi connectivity index (χ0n) is 19.6. The van der Waals surface area contributed by atoms with Crippen LogP contribution in [0.1, 0.15) is 60.9 Å². The lowest BCUT2D eigenvalue weighted by atomic mass is 9.67. The summed E-state index contributed by atoms with van der Waals surface area (Å²) < 4.78 is 29.6. The van der Waals surface area contributed by atoms with Gasteiger partial charge in [0.2, 0.25) is 5.92 Å². The Balaban J connectivity index is 1.63. The average Bonchev–Trinajstić information content (AvgIpc) is 3.08. The first-order valence-corrected chi connectivity index (χ1v) is 11.7. The fourth-order valence-electron chi connectivity index (χ4n) is 4.91. The van der Waals surface area contributed by atoms with Gasteiger partial charge in [0, 0.05) is 63.0 Å². The Bertz CT molecular complexity index is 1080. The standard InChI is InChI=1S/C24H31F2N5O3/c1-16-18(17-13-29-30(2)15-17)14-28-20(31-11-4-7-24(25,26)9-12-31)19(16)21(32)27-10-8-23(22(33)34)5-3-6-23/h13-15H,3-12H2,1-2H3,(H,27,32)(H,33,34). The fourth-order valence-corrected chi connectivity index (χ4v) is 4.91. The predicted octanol–water partition coefficient (Wildman–Crippen LogP) is 3.79. The van der Waals surface area contributed by atoms with Crippen molar-refractivity contribution in [2.24, 2.45) is 12.5 Å². The van der Waals surface area contributed by atoms with E-state index in [2.05, 4.69) is 15.4 Å². The van der Waals surface area contributed by atoms with Crippen molar-refractivity contribution in [1.82, 2.24) is 20.1 Å². The van der Waals surface area contributed by atoms with Crippen LogP contribution in [-0.4, -0.2) is 57.3 Å². The number of hydrogen-bond donors (Lipinski definition) is 2. The minimum absolute atomic E-state index is 0.105. The van der Waals surface area contributed by atoms with E-state index in [9.17, 15) is 23.5 Å². The molecule has 2 aromatic heterocycles. The molecule has 0 spiro atoms. The van der Waals surface area contributed by atoms with E-state index in [0.717, 1.165) is 17.5 Å². The topological polar surface area (TPSA) is 100 Å². The van der Waals surface area contributed by atoms with Crippen molar-refractivity contribution in [3.8, 4) is 11.1 Å². The van der Waals surface area contributed by atoms with Crippen LogP contribution in [0.2, 0.25) is 0 Å². The van der Waals surface area contributed by atoms with E-state index in [-0.39, 0.29) is 31.8 Å². The van der Waals surface area contributed by atoms with Gasteiger partial charge in [-0.05, 0) is 38.2 Å². The Morgan fingerprint density at radius 2 is 1.91 bits per heavy atom. The average molecular weight is 476 g/mol. The van der Waals surface area contributed by atoms with Gasteiger partial charge in [-0.15, -0.1) is 0 Å². The molecule has 1 aliphatic heterocycles. The Kier molecular flexibility index (Phi) is 6.60. The van der Waals surface area contributed by atoms with E-state index in [1.165, 1.54) is 0 Å². The number of alkyl halides is 2. The molecule has 1 saturated carbocycles. The molecule has 8 nitrogen and oxygen atoms in total. The SMILES string of the molecule is Cc1c(-c2cnn(C)c2)cnc(N2CCCC(F)(F)CC2)c1C(=O)NCCC1(C(=O)O)CCC1. The number of carbonyl (C=O) groups excluding carboxylic acids is 1. The number of halogens is 2. The van der Waals surface area contributed by atoms with Gasteiger partial charge in [-0.3, -0.25) is 14.3 Å². The van der Waals surface area contributed by atoms with Crippen molar-refractivity contribution in [3.05, 3.63) is 29.7 Å². The lowest BCUT2D eigenvalue weighted by Crippen LogP contribution is -2.41. The van der Waals surface area contributed by atoms with E-state index in [0.29, 0.717) is 49.2 Å². The van der Waals surface area contributed by atoms with Gasteiger partial charge in [0.05, 0.1) is 17.2 Å². The maximum absolute atomic E-state index is 14.0. The zero-order chi connectivity index (χ0) is 24.5. The molecule has 2 N–H and O–H groups in total. The Labute approximate surface area is 197 Å². The number of carbonyl (C=O) groups is 2. The quantitative estimate of drug-likeness (QED) is 0.632. The molecule has 2 aromatic rings. The van der Waals surface area contributed by atoms with Gasteiger partial charge in [0.25, 0.3) is 5.91 Å². The summed E-state index contributed by atoms with van der Waals surface area (Å²) in [5, 5.41) is 16.6. The summed E-state index contributed by atoms with van der Waals surface area (Å²) in [5.74, 6) is -3.54. The monoisotopic (exact) mass is 475 g/mol. The van der Waals surface area contributed by atoms with Gasteiger partial charge >= 0.3 is 5.97 Å². The maximum Gasteiger partial charge on any atom is 0.309 e. The highest BCUT2D eigenvalue weighted by atomic mass is 19.3. The van der Waals surface area contributed by atoms with Crippen LogP contribution < -0.4 is 10.2 Å². The molecular formula is C24H31F2N5O3. The van der Waals surface area contributed by atoms with Crippen LogP contribution in [0.3, 0.4) is 0 Å². The van der Waals surface area contributed by atoms with E-state index >= 15 is 0 Å². The number of nitrogens with one attached hydrogen (secondary N) is 1. The van der Waals surface area contributed by atoms with Crippen molar-refractivity contribution >= 4 is 17.7 Å². The first kappa shape index (κ1) is 24.1. The highest BCUT2D eigenvalue weighted by molar-refractivity contribution is 6.02. The number of anilines is 1. The molecule has 0 radical (unpaired) electrons. The Morgan fingerprint density at radius 1 is 1.15 bits per heavy atom. The van der Waals surface area contributed by atoms with Crippen molar-refractivity contribution in [3.63, 3.8) is 0 Å². The second-order valence-electron chi connectivity index (χ2n) is 9.54. The number of aryl methyl sites for hydroxylation is 1. The molecule has 0 unspecified atom stereocenters. The maximum atomic E-state index is 14.0. The minimum Gasteiger partial charge on any atom is -0.481 e. The molecular weight excluding hydrogens is 444 g/mol. The predicted molar refractivity (Wildman–Crippen MR) is 123 cm³/mol. The number of carboxylic acids is 1. The third kappa shape index (κ3) is 4.76. The second-order valence-corrected chi connectivity index (χ2v) is 9.54. The summed E-state index contributed by atoms with van der Waals surface area (Å²) in [6.07, 6.45) is 7.46. The number of rotatable bonds is 7. The van der Waals surface area contributed by atoms with Crippen LogP contribution in [0.4, 0.5) is 14.6 Å². The van der Waals surface area contributed by atoms with Crippen molar-refractivity contribution in [2.45, 2.75) is 57.8 Å². The molecule has 2 aliphatic rings. The van der Waals surface area contributed by atoms with Gasteiger partial charge in [0.15, 0.2) is 0 Å². The summed E-state index contributed by atoms with van der Waals surface area (Å²) in [7, 11) is 1.80. The third-order valence-electron chi connectivity index (χ3n) is 7.23. The highest BCUT2D eigenvalue weighted by Gasteiger charge is 2.43. The summed E-state index contributed by atoms with van der Waals surface area (Å²) in [5.41, 5.74) is 1.79. The molecule has 0 aromatic carbocycles. The van der Waals surface area contributed by atoms with Crippen LogP contribution in [0.15, 0.2) is 18.6 Å². The molecule has 10 heteroatoms. The summed E-state index contributed by atoms with van der Waals surface area (Å²) in [4.78, 5) is 31.4. The molecule has 1 aliphatic carbocycles. The first-order valence-electron chi connectivity index (χ1n) is 11.7. The lowest BCUT2D eigenvalue weighted by Gasteiger charge is -2.37. The van der Waals surface area contributed by atoms with Gasteiger partial charge in [0.1, 0.15) is 5.82 Å². The molecule has 0 atom stereocenters. The van der Waals surface area contributed by atoms with Gasteiger partial charge in [-0.25, -0.2) is 13.8 Å². The molecule has 1 saturated heterocycles. The number of amides is 1. The number of aliphatic carboxylic acids is 1. The molecule has 0 bridgehead atoms. The minimum atomic E-state index is -2.73. The molecule has 1 amide bonds. The number of carboxylic acid groups (broad SMARTS) is 1. The lowest BCUT2D eigenvalue weighted by molar-refractivity contribution is -0.155. The van der Waals surface area contributed by atoms with Crippen LogP contribution in [0.25, 0.3) is 11.1 Å². The van der Waals surface area contributed by atoms with Crippen LogP contribution in [0, 0.1) is 12.3 Å². The van der Waals surface area contributed by atoms with E-state index in [4.69, 9.17) is 0 Å². The molecule has 184 valence electrons. The third-order valence-corrected chi connectivity index (χ3v) is 7.23. The first-order chi connectivity index (χ1) is 16.1. The molecule has 4 rings (SSSR count). The van der Waals surface area contributed by atoms with Crippen LogP contribution in [-0.2, 0) is 11.8 Å². The summed E-state index contributed by atoms with van der Waals surface area (Å²) in [6, 6.07) is 0. The largest absolute Gasteiger partial charge is 0.481 e. The van der Waals surface area contributed by atoms with Gasteiger partial charge in [-0.2, -0.15) is 5.10 Å². The smallest absolute Gasteiger partial charge is 0.309 e. The van der Waals surface area contributed by atoms with Crippen molar-refractivity contribution < 1.29 is 23.5 Å². The zero-order valence-corrected chi connectivity index (χ0v) is 19.6. The number of aromatic nitrogens is 3. The van der Waals surface area contributed by atoms with Crippen LogP contribution in [0.5, 0.6) is 0 Å². The second kappa shape index (κ2) is 9.31. The van der Waals surface area contributed by atoms with E-state index in [1.807, 2.05) is 13.1 Å². The van der Waals surface area contributed by atoms with Gasteiger partial charge < -0.3 is 15.3 Å². The van der Waals surface area contributed by atoms with Crippen molar-refractivity contribution in [1.29, 1.82) is 0 Å². The van der Waals surface area contributed by atoms with Crippen molar-refractivity contribution in [2.75, 3.05) is 24.5 Å². The Morgan fingerprint density at radius 3 is 2.53 bits per heavy atom. The normalized spacial score (nSPS) is 19.2. The highest BCUT2D eigenvalue weighted by Crippen LogP contribution is 2.44. The number of pyridine rings is 1. The van der Waals surface area contributed by atoms with E-state index < -0.39 is 17.3 Å². The number of nitrogens with zero attached hydrogens (tertiary/aromatic N) is 4. The van der Waals surface area contributed by atoms with Gasteiger partial charge in [-0.1, -0.05) is 6.42 Å². The Hall–Kier alpha value is -3.04. The molecule has 3 heterocycles. The fraction of sp³-hybridized carbons (Fsp3) is 0.583. The summed E-state index contributed by atoms with van der Waals surface area (Å²) in [6.45, 7) is 2.53. The molecule has 2 fully saturated rings. The summed E-state index contributed by atoms with van der Waals surface area (Å²) >= 11 is 0. The van der Waals surface area contributed by atoms with Crippen LogP contribution >= 0.6 is 0 Å².